The molecular formula is C34H33N3O. The summed E-state index contributed by atoms with van der Waals surface area (Å²) in [6.07, 6.45) is 3.35. The highest BCUT2D eigenvalue weighted by atomic mass is 16.3. The van der Waals surface area contributed by atoms with Crippen molar-refractivity contribution in [1.82, 2.24) is 14.8 Å². The summed E-state index contributed by atoms with van der Waals surface area (Å²) in [6.45, 7) is 8.99. The van der Waals surface area contributed by atoms with Gasteiger partial charge in [0.2, 0.25) is 0 Å². The van der Waals surface area contributed by atoms with Crippen molar-refractivity contribution in [2.75, 3.05) is 0 Å². The minimum Gasteiger partial charge on any atom is -0.456 e. The van der Waals surface area contributed by atoms with E-state index in [0.29, 0.717) is 0 Å². The Kier molecular flexibility index (Phi) is 6.11. The van der Waals surface area contributed by atoms with Gasteiger partial charge in [0.25, 0.3) is 0 Å². The van der Waals surface area contributed by atoms with Crippen LogP contribution in [0.15, 0.2) is 95.4 Å². The monoisotopic (exact) mass is 499 g/mol. The zero-order chi connectivity index (χ0) is 26.3. The van der Waals surface area contributed by atoms with Crippen LogP contribution in [0.3, 0.4) is 0 Å². The normalized spacial score (nSPS) is 12.0. The van der Waals surface area contributed by atoms with Gasteiger partial charge < -0.3 is 4.42 Å². The highest BCUT2D eigenvalue weighted by molar-refractivity contribution is 6.06. The molecule has 0 amide bonds. The second-order valence-electron chi connectivity index (χ2n) is 10.8. The molecule has 0 aliphatic heterocycles. The lowest BCUT2D eigenvalue weighted by atomic mass is 9.86. The summed E-state index contributed by atoms with van der Waals surface area (Å²) in [4.78, 5) is 0. The van der Waals surface area contributed by atoms with Gasteiger partial charge in [-0.25, -0.2) is 0 Å². The molecule has 0 bridgehead atoms. The highest BCUT2D eigenvalue weighted by Crippen LogP contribution is 2.37. The molecule has 190 valence electrons. The summed E-state index contributed by atoms with van der Waals surface area (Å²) in [7, 11) is 0. The number of hydrogen-bond acceptors (Lipinski definition) is 3. The molecule has 6 aromatic rings. The van der Waals surface area contributed by atoms with Crippen LogP contribution in [0.5, 0.6) is 0 Å². The van der Waals surface area contributed by atoms with E-state index in [1.807, 2.05) is 12.1 Å². The van der Waals surface area contributed by atoms with Crippen LogP contribution in [-0.2, 0) is 5.41 Å². The van der Waals surface area contributed by atoms with Crippen LogP contribution in [0.4, 0.5) is 0 Å². The van der Waals surface area contributed by atoms with E-state index in [2.05, 4.69) is 111 Å². The number of fused-ring (bicyclic) bond motifs is 3. The molecular weight excluding hydrogens is 466 g/mol. The van der Waals surface area contributed by atoms with Crippen LogP contribution >= 0.6 is 0 Å². The summed E-state index contributed by atoms with van der Waals surface area (Å²) < 4.78 is 8.37. The average molecular weight is 500 g/mol. The molecule has 0 atom stereocenters. The molecule has 2 heterocycles. The number of hydrogen-bond donors (Lipinski definition) is 0. The minimum atomic E-state index is -0.127. The number of rotatable bonds is 7. The lowest BCUT2D eigenvalue weighted by Crippen LogP contribution is -2.23. The van der Waals surface area contributed by atoms with E-state index < -0.39 is 0 Å². The Hall–Kier alpha value is -4.18. The molecule has 4 heteroatoms. The number of nitrogens with zero attached hydrogens (tertiary/aromatic N) is 3. The van der Waals surface area contributed by atoms with Crippen LogP contribution in [0.2, 0.25) is 0 Å². The van der Waals surface area contributed by atoms with Crippen LogP contribution < -0.4 is 0 Å². The zero-order valence-corrected chi connectivity index (χ0v) is 22.5. The first-order chi connectivity index (χ1) is 18.5. The van der Waals surface area contributed by atoms with Crippen molar-refractivity contribution in [2.24, 2.45) is 0 Å². The van der Waals surface area contributed by atoms with Gasteiger partial charge in [-0.3, -0.25) is 4.57 Å². The van der Waals surface area contributed by atoms with Crippen molar-refractivity contribution < 1.29 is 4.42 Å². The second kappa shape index (κ2) is 9.60. The number of benzene rings is 4. The van der Waals surface area contributed by atoms with Crippen molar-refractivity contribution in [1.29, 1.82) is 0 Å². The summed E-state index contributed by atoms with van der Waals surface area (Å²) in [5.41, 5.74) is 7.41. The first-order valence-corrected chi connectivity index (χ1v) is 13.5. The van der Waals surface area contributed by atoms with Gasteiger partial charge in [0.05, 0.1) is 5.69 Å². The third kappa shape index (κ3) is 4.20. The Bertz CT molecular complexity index is 1740. The molecule has 38 heavy (non-hydrogen) atoms. The van der Waals surface area contributed by atoms with E-state index in [1.165, 1.54) is 16.7 Å². The molecule has 0 radical (unpaired) electrons. The number of para-hydroxylation sites is 1. The SMILES string of the molecule is CCCCC(C)(C)c1nnc(-c2ccc3oc4ccccc4c3c2)n1-c1ccc(-c2ccccc2)cc1C. The van der Waals surface area contributed by atoms with Gasteiger partial charge in [0.15, 0.2) is 5.82 Å². The fraction of sp³-hybridized carbons (Fsp3) is 0.235. The van der Waals surface area contributed by atoms with Crippen LogP contribution in [-0.4, -0.2) is 14.8 Å². The van der Waals surface area contributed by atoms with Crippen molar-refractivity contribution in [2.45, 2.75) is 52.4 Å². The van der Waals surface area contributed by atoms with E-state index in [1.54, 1.807) is 0 Å². The summed E-state index contributed by atoms with van der Waals surface area (Å²) >= 11 is 0. The molecule has 0 aliphatic carbocycles. The van der Waals surface area contributed by atoms with Gasteiger partial charge in [-0.05, 0) is 66.4 Å². The predicted molar refractivity (Wildman–Crippen MR) is 157 cm³/mol. The zero-order valence-electron chi connectivity index (χ0n) is 22.5. The molecule has 2 aromatic heterocycles. The van der Waals surface area contributed by atoms with Crippen molar-refractivity contribution in [3.63, 3.8) is 0 Å². The van der Waals surface area contributed by atoms with Gasteiger partial charge in [-0.1, -0.05) is 88.2 Å². The van der Waals surface area contributed by atoms with E-state index in [4.69, 9.17) is 14.6 Å². The van der Waals surface area contributed by atoms with Crippen molar-refractivity contribution in [3.05, 3.63) is 102 Å². The summed E-state index contributed by atoms with van der Waals surface area (Å²) in [6, 6.07) is 31.8. The summed E-state index contributed by atoms with van der Waals surface area (Å²) in [5.74, 6) is 1.85. The quantitative estimate of drug-likeness (QED) is 0.220. The smallest absolute Gasteiger partial charge is 0.168 e. The van der Waals surface area contributed by atoms with E-state index >= 15 is 0 Å². The maximum absolute atomic E-state index is 6.09. The topological polar surface area (TPSA) is 43.9 Å². The first-order valence-electron chi connectivity index (χ1n) is 13.5. The van der Waals surface area contributed by atoms with Gasteiger partial charge in [0.1, 0.15) is 17.0 Å². The number of aryl methyl sites for hydroxylation is 1. The molecule has 4 nitrogen and oxygen atoms in total. The fourth-order valence-corrected chi connectivity index (χ4v) is 5.45. The van der Waals surface area contributed by atoms with Crippen LogP contribution in [0, 0.1) is 6.92 Å². The Labute approximate surface area is 224 Å². The molecule has 0 fully saturated rings. The molecule has 4 aromatic carbocycles. The molecule has 0 saturated carbocycles. The average Bonchev–Trinajstić information content (AvgIpc) is 3.54. The highest BCUT2D eigenvalue weighted by Gasteiger charge is 2.30. The predicted octanol–water partition coefficient (Wildman–Crippen LogP) is 9.28. The Morgan fingerprint density at radius 3 is 2.26 bits per heavy atom. The van der Waals surface area contributed by atoms with E-state index in [0.717, 1.165) is 64.1 Å². The Morgan fingerprint density at radius 2 is 1.47 bits per heavy atom. The lowest BCUT2D eigenvalue weighted by Gasteiger charge is -2.25. The van der Waals surface area contributed by atoms with E-state index in [-0.39, 0.29) is 5.41 Å². The number of furan rings is 1. The standard InChI is InChI=1S/C34H33N3O/c1-5-6-20-34(3,4)33-36-35-32(26-17-19-31-28(22-26)27-14-10-11-15-30(27)38-31)37(33)29-18-16-25(21-23(29)2)24-12-8-7-9-13-24/h7-19,21-22H,5-6,20H2,1-4H3. The van der Waals surface area contributed by atoms with Gasteiger partial charge >= 0.3 is 0 Å². The molecule has 6 rings (SSSR count). The third-order valence-corrected chi connectivity index (χ3v) is 7.60. The summed E-state index contributed by atoms with van der Waals surface area (Å²) in [5, 5.41) is 11.9. The molecule has 0 saturated heterocycles. The molecule has 0 N–H and O–H groups in total. The van der Waals surface area contributed by atoms with Crippen LogP contribution in [0.25, 0.3) is 50.1 Å². The van der Waals surface area contributed by atoms with Crippen molar-refractivity contribution in [3.8, 4) is 28.2 Å². The maximum Gasteiger partial charge on any atom is 0.168 e. The van der Waals surface area contributed by atoms with E-state index in [9.17, 15) is 0 Å². The molecule has 0 spiro atoms. The van der Waals surface area contributed by atoms with Gasteiger partial charge in [-0.2, -0.15) is 0 Å². The van der Waals surface area contributed by atoms with Crippen LogP contribution in [0.1, 0.15) is 51.4 Å². The minimum absolute atomic E-state index is 0.127. The third-order valence-electron chi connectivity index (χ3n) is 7.60. The van der Waals surface area contributed by atoms with Gasteiger partial charge in [-0.15, -0.1) is 10.2 Å². The molecule has 0 unspecified atom stereocenters. The lowest BCUT2D eigenvalue weighted by molar-refractivity contribution is 0.425. The fourth-order valence-electron chi connectivity index (χ4n) is 5.45. The largest absolute Gasteiger partial charge is 0.456 e. The first kappa shape index (κ1) is 24.2. The maximum atomic E-state index is 6.09. The van der Waals surface area contributed by atoms with Crippen molar-refractivity contribution >= 4 is 21.9 Å². The number of unbranched alkanes of at least 4 members (excludes halogenated alkanes) is 1. The molecule has 0 aliphatic rings. The Morgan fingerprint density at radius 1 is 0.737 bits per heavy atom. The van der Waals surface area contributed by atoms with Gasteiger partial charge in [0, 0.05) is 21.8 Å². The number of aromatic nitrogens is 3. The Balaban J connectivity index is 1.54. The second-order valence-corrected chi connectivity index (χ2v) is 10.8.